The molecular weight excluding hydrogens is 249 g/mol. The molecule has 0 bridgehead atoms. The van der Waals surface area contributed by atoms with Gasteiger partial charge in [-0.15, -0.1) is 0 Å². The van der Waals surface area contributed by atoms with Crippen LogP contribution in [0.15, 0.2) is 30.9 Å². The first kappa shape index (κ1) is 11.0. The SMILES string of the molecule is OC(=Cn1cncn1)c1ccc(Cl)cc1Cl. The van der Waals surface area contributed by atoms with Crippen molar-refractivity contribution in [1.82, 2.24) is 14.8 Å². The van der Waals surface area contributed by atoms with Crippen molar-refractivity contribution in [2.24, 2.45) is 0 Å². The van der Waals surface area contributed by atoms with Crippen LogP contribution >= 0.6 is 23.2 Å². The molecule has 0 spiro atoms. The van der Waals surface area contributed by atoms with Gasteiger partial charge in [0.15, 0.2) is 0 Å². The molecule has 16 heavy (non-hydrogen) atoms. The van der Waals surface area contributed by atoms with Crippen molar-refractivity contribution in [2.75, 3.05) is 0 Å². The Morgan fingerprint density at radius 2 is 2.19 bits per heavy atom. The highest BCUT2D eigenvalue weighted by Crippen LogP contribution is 2.25. The number of hydrogen-bond donors (Lipinski definition) is 1. The van der Waals surface area contributed by atoms with E-state index in [2.05, 4.69) is 10.1 Å². The molecule has 1 aromatic heterocycles. The third-order valence-electron chi connectivity index (χ3n) is 1.90. The predicted molar refractivity (Wildman–Crippen MR) is 63.3 cm³/mol. The predicted octanol–water partition coefficient (Wildman–Crippen LogP) is 3.10. The lowest BCUT2D eigenvalue weighted by Crippen LogP contribution is -1.91. The van der Waals surface area contributed by atoms with Gasteiger partial charge >= 0.3 is 0 Å². The van der Waals surface area contributed by atoms with Crippen LogP contribution in [-0.4, -0.2) is 19.9 Å². The molecule has 0 amide bonds. The van der Waals surface area contributed by atoms with Crippen LogP contribution in [0.1, 0.15) is 5.56 Å². The molecule has 0 saturated heterocycles. The maximum Gasteiger partial charge on any atom is 0.142 e. The van der Waals surface area contributed by atoms with E-state index >= 15 is 0 Å². The van der Waals surface area contributed by atoms with Gasteiger partial charge in [0.25, 0.3) is 0 Å². The molecule has 1 heterocycles. The Labute approximate surface area is 102 Å². The average Bonchev–Trinajstić information content (AvgIpc) is 2.70. The van der Waals surface area contributed by atoms with Gasteiger partial charge in [-0.05, 0) is 18.2 Å². The van der Waals surface area contributed by atoms with Gasteiger partial charge in [0.05, 0.1) is 11.2 Å². The monoisotopic (exact) mass is 255 g/mol. The van der Waals surface area contributed by atoms with E-state index in [0.29, 0.717) is 15.6 Å². The van der Waals surface area contributed by atoms with Crippen molar-refractivity contribution >= 4 is 35.2 Å². The minimum absolute atomic E-state index is 0.00725. The Balaban J connectivity index is 2.37. The molecule has 0 saturated carbocycles. The summed E-state index contributed by atoms with van der Waals surface area (Å²) in [6, 6.07) is 4.84. The van der Waals surface area contributed by atoms with Crippen LogP contribution < -0.4 is 0 Å². The summed E-state index contributed by atoms with van der Waals surface area (Å²) in [7, 11) is 0. The van der Waals surface area contributed by atoms with Crippen LogP contribution in [0.5, 0.6) is 0 Å². The summed E-state index contributed by atoms with van der Waals surface area (Å²) in [5, 5.41) is 14.5. The van der Waals surface area contributed by atoms with E-state index in [1.165, 1.54) is 23.5 Å². The minimum Gasteiger partial charge on any atom is -0.506 e. The summed E-state index contributed by atoms with van der Waals surface area (Å²) in [5.74, 6) is -0.00725. The normalized spacial score (nSPS) is 11.8. The zero-order chi connectivity index (χ0) is 11.5. The first-order valence-corrected chi connectivity index (χ1v) is 5.13. The Bertz CT molecular complexity index is 523. The van der Waals surface area contributed by atoms with Crippen LogP contribution in [0.2, 0.25) is 10.0 Å². The number of aromatic nitrogens is 3. The summed E-state index contributed by atoms with van der Waals surface area (Å²) in [4.78, 5) is 3.75. The molecule has 1 N–H and O–H groups in total. The van der Waals surface area contributed by atoms with Gasteiger partial charge in [0, 0.05) is 10.6 Å². The Kier molecular flexibility index (Phi) is 3.12. The van der Waals surface area contributed by atoms with Gasteiger partial charge in [-0.25, -0.2) is 9.67 Å². The molecular formula is C10H7Cl2N3O. The summed E-state index contributed by atoms with van der Waals surface area (Å²) in [5.41, 5.74) is 0.488. The van der Waals surface area contributed by atoms with Crippen molar-refractivity contribution in [2.45, 2.75) is 0 Å². The van der Waals surface area contributed by atoms with Gasteiger partial charge in [0.2, 0.25) is 0 Å². The zero-order valence-corrected chi connectivity index (χ0v) is 9.52. The van der Waals surface area contributed by atoms with Gasteiger partial charge in [-0.3, -0.25) is 0 Å². The summed E-state index contributed by atoms with van der Waals surface area (Å²) in [6.45, 7) is 0. The third-order valence-corrected chi connectivity index (χ3v) is 2.45. The number of hydrogen-bond acceptors (Lipinski definition) is 3. The van der Waals surface area contributed by atoms with Crippen LogP contribution in [0.3, 0.4) is 0 Å². The zero-order valence-electron chi connectivity index (χ0n) is 8.01. The number of benzene rings is 1. The largest absolute Gasteiger partial charge is 0.506 e. The Morgan fingerprint density at radius 3 is 2.81 bits per heavy atom. The fourth-order valence-corrected chi connectivity index (χ4v) is 1.68. The van der Waals surface area contributed by atoms with E-state index in [1.54, 1.807) is 18.2 Å². The Hall–Kier alpha value is -1.52. The fraction of sp³-hybridized carbons (Fsp3) is 0. The number of rotatable bonds is 2. The van der Waals surface area contributed by atoms with Gasteiger partial charge in [-0.2, -0.15) is 5.10 Å². The van der Waals surface area contributed by atoms with E-state index in [-0.39, 0.29) is 5.76 Å². The number of aliphatic hydroxyl groups excluding tert-OH is 1. The van der Waals surface area contributed by atoms with Crippen molar-refractivity contribution in [1.29, 1.82) is 0 Å². The van der Waals surface area contributed by atoms with E-state index in [0.717, 1.165) is 0 Å². The molecule has 0 radical (unpaired) electrons. The second-order valence-corrected chi connectivity index (χ2v) is 3.86. The minimum atomic E-state index is -0.00725. The van der Waals surface area contributed by atoms with Crippen LogP contribution in [0.4, 0.5) is 0 Å². The average molecular weight is 256 g/mol. The molecule has 0 aliphatic rings. The van der Waals surface area contributed by atoms with Crippen molar-refractivity contribution in [3.63, 3.8) is 0 Å². The molecule has 1 aromatic carbocycles. The maximum atomic E-state index is 9.81. The molecule has 82 valence electrons. The van der Waals surface area contributed by atoms with Crippen LogP contribution in [0, 0.1) is 0 Å². The van der Waals surface area contributed by atoms with E-state index < -0.39 is 0 Å². The first-order chi connectivity index (χ1) is 7.66. The molecule has 2 rings (SSSR count). The topological polar surface area (TPSA) is 50.9 Å². The second kappa shape index (κ2) is 4.55. The molecule has 2 aromatic rings. The fourth-order valence-electron chi connectivity index (χ4n) is 1.18. The standard InChI is InChI=1S/C10H7Cl2N3O/c11-7-1-2-8(9(12)3-7)10(16)4-15-6-13-5-14-15/h1-6,16H. The lowest BCUT2D eigenvalue weighted by molar-refractivity contribution is 0.513. The van der Waals surface area contributed by atoms with E-state index in [4.69, 9.17) is 23.2 Å². The van der Waals surface area contributed by atoms with Gasteiger partial charge < -0.3 is 5.11 Å². The molecule has 4 nitrogen and oxygen atoms in total. The van der Waals surface area contributed by atoms with E-state index in [9.17, 15) is 5.11 Å². The lowest BCUT2D eigenvalue weighted by Gasteiger charge is -2.03. The highest BCUT2D eigenvalue weighted by Gasteiger charge is 2.05. The van der Waals surface area contributed by atoms with Crippen LogP contribution in [-0.2, 0) is 0 Å². The summed E-state index contributed by atoms with van der Waals surface area (Å²) in [6.07, 6.45) is 4.23. The van der Waals surface area contributed by atoms with Crippen molar-refractivity contribution in [3.8, 4) is 0 Å². The molecule has 6 heteroatoms. The van der Waals surface area contributed by atoms with E-state index in [1.807, 2.05) is 0 Å². The first-order valence-electron chi connectivity index (χ1n) is 4.37. The van der Waals surface area contributed by atoms with Gasteiger partial charge in [0.1, 0.15) is 18.4 Å². The van der Waals surface area contributed by atoms with Crippen molar-refractivity contribution < 1.29 is 5.11 Å². The number of aliphatic hydroxyl groups is 1. The van der Waals surface area contributed by atoms with Crippen molar-refractivity contribution in [3.05, 3.63) is 46.5 Å². The number of nitrogens with zero attached hydrogens (tertiary/aromatic N) is 3. The molecule has 0 fully saturated rings. The number of halogens is 2. The van der Waals surface area contributed by atoms with Crippen LogP contribution in [0.25, 0.3) is 12.0 Å². The lowest BCUT2D eigenvalue weighted by atomic mass is 10.2. The molecule has 0 atom stereocenters. The molecule has 0 aliphatic carbocycles. The quantitative estimate of drug-likeness (QED) is 0.840. The third kappa shape index (κ3) is 2.35. The second-order valence-electron chi connectivity index (χ2n) is 3.01. The summed E-state index contributed by atoms with van der Waals surface area (Å²) >= 11 is 11.7. The molecule has 0 aliphatic heterocycles. The highest BCUT2D eigenvalue weighted by molar-refractivity contribution is 6.35. The van der Waals surface area contributed by atoms with Gasteiger partial charge in [-0.1, -0.05) is 23.2 Å². The summed E-state index contributed by atoms with van der Waals surface area (Å²) < 4.78 is 1.38. The highest BCUT2D eigenvalue weighted by atomic mass is 35.5. The Morgan fingerprint density at radius 1 is 1.38 bits per heavy atom. The maximum absolute atomic E-state index is 9.81. The smallest absolute Gasteiger partial charge is 0.142 e. The molecule has 0 unspecified atom stereocenters.